The van der Waals surface area contributed by atoms with Crippen LogP contribution in [0.25, 0.3) is 0 Å². The van der Waals surface area contributed by atoms with E-state index < -0.39 is 0 Å². The molecular formula is C14H22N4. The first kappa shape index (κ1) is 11.8. The van der Waals surface area contributed by atoms with E-state index in [9.17, 15) is 0 Å². The zero-order valence-electron chi connectivity index (χ0n) is 11.2. The van der Waals surface area contributed by atoms with Crippen LogP contribution in [0, 0.1) is 5.92 Å². The summed E-state index contributed by atoms with van der Waals surface area (Å²) in [7, 11) is 0. The van der Waals surface area contributed by atoms with Crippen molar-refractivity contribution in [2.75, 3.05) is 17.2 Å². The summed E-state index contributed by atoms with van der Waals surface area (Å²) < 4.78 is 0. The predicted octanol–water partition coefficient (Wildman–Crippen LogP) is 3.00. The lowest BCUT2D eigenvalue weighted by molar-refractivity contribution is 0.308. The standard InChI is InChI=1S/C14H22N4/c1-3-15-12-8-13(16-11-6-9(2)7-11)18-14(17-12)10-4-5-10/h8-11H,3-7H2,1-2H3,(H2,15,16,17,18). The van der Waals surface area contributed by atoms with E-state index in [-0.39, 0.29) is 0 Å². The Morgan fingerprint density at radius 3 is 2.56 bits per heavy atom. The molecule has 1 heterocycles. The van der Waals surface area contributed by atoms with Gasteiger partial charge in [-0.05, 0) is 38.5 Å². The summed E-state index contributed by atoms with van der Waals surface area (Å²) in [6.07, 6.45) is 5.02. The topological polar surface area (TPSA) is 49.8 Å². The Labute approximate surface area is 109 Å². The number of rotatable bonds is 5. The third kappa shape index (κ3) is 2.57. The molecule has 0 saturated heterocycles. The third-order valence-electron chi connectivity index (χ3n) is 3.77. The highest BCUT2D eigenvalue weighted by Crippen LogP contribution is 2.39. The fourth-order valence-electron chi connectivity index (χ4n) is 2.56. The molecule has 0 aliphatic heterocycles. The average molecular weight is 246 g/mol. The van der Waals surface area contributed by atoms with Gasteiger partial charge in [-0.15, -0.1) is 0 Å². The second kappa shape index (κ2) is 4.75. The van der Waals surface area contributed by atoms with Gasteiger partial charge in [0, 0.05) is 24.6 Å². The van der Waals surface area contributed by atoms with E-state index in [0.717, 1.165) is 29.9 Å². The number of nitrogens with zero attached hydrogens (tertiary/aromatic N) is 2. The van der Waals surface area contributed by atoms with Gasteiger partial charge in [0.15, 0.2) is 0 Å². The van der Waals surface area contributed by atoms with Crippen molar-refractivity contribution in [1.29, 1.82) is 0 Å². The molecule has 4 nitrogen and oxygen atoms in total. The van der Waals surface area contributed by atoms with E-state index in [1.54, 1.807) is 0 Å². The first-order valence-corrected chi connectivity index (χ1v) is 7.14. The largest absolute Gasteiger partial charge is 0.370 e. The van der Waals surface area contributed by atoms with Crippen LogP contribution >= 0.6 is 0 Å². The normalized spacial score (nSPS) is 26.6. The molecule has 2 aliphatic rings. The van der Waals surface area contributed by atoms with Gasteiger partial charge in [-0.25, -0.2) is 9.97 Å². The Bertz CT molecular complexity index is 422. The molecule has 3 rings (SSSR count). The van der Waals surface area contributed by atoms with Crippen LogP contribution < -0.4 is 10.6 Å². The van der Waals surface area contributed by atoms with E-state index in [4.69, 9.17) is 0 Å². The van der Waals surface area contributed by atoms with Gasteiger partial charge in [-0.2, -0.15) is 0 Å². The Balaban J connectivity index is 1.74. The molecule has 0 amide bonds. The summed E-state index contributed by atoms with van der Waals surface area (Å²) in [6.45, 7) is 5.30. The Kier molecular flexibility index (Phi) is 3.10. The van der Waals surface area contributed by atoms with Gasteiger partial charge in [0.2, 0.25) is 0 Å². The molecule has 1 aromatic rings. The molecule has 2 N–H and O–H groups in total. The van der Waals surface area contributed by atoms with Crippen LogP contribution in [-0.2, 0) is 0 Å². The first-order chi connectivity index (χ1) is 8.74. The molecule has 0 bridgehead atoms. The smallest absolute Gasteiger partial charge is 0.136 e. The van der Waals surface area contributed by atoms with Crippen LogP contribution in [-0.4, -0.2) is 22.6 Å². The van der Waals surface area contributed by atoms with Crippen molar-refractivity contribution in [3.05, 3.63) is 11.9 Å². The molecular weight excluding hydrogens is 224 g/mol. The number of hydrogen-bond donors (Lipinski definition) is 2. The molecule has 4 heteroatoms. The third-order valence-corrected chi connectivity index (χ3v) is 3.77. The molecule has 0 spiro atoms. The van der Waals surface area contributed by atoms with Crippen molar-refractivity contribution < 1.29 is 0 Å². The van der Waals surface area contributed by atoms with Crippen LogP contribution in [0.3, 0.4) is 0 Å². The number of aromatic nitrogens is 2. The van der Waals surface area contributed by atoms with Crippen molar-refractivity contribution in [3.63, 3.8) is 0 Å². The van der Waals surface area contributed by atoms with Gasteiger partial charge in [-0.3, -0.25) is 0 Å². The van der Waals surface area contributed by atoms with Gasteiger partial charge in [0.05, 0.1) is 0 Å². The number of hydrogen-bond acceptors (Lipinski definition) is 4. The van der Waals surface area contributed by atoms with Crippen molar-refractivity contribution in [2.45, 2.75) is 51.5 Å². The van der Waals surface area contributed by atoms with Crippen molar-refractivity contribution in [2.24, 2.45) is 5.92 Å². The monoisotopic (exact) mass is 246 g/mol. The zero-order chi connectivity index (χ0) is 12.5. The van der Waals surface area contributed by atoms with Crippen LogP contribution in [0.15, 0.2) is 6.07 Å². The second-order valence-corrected chi connectivity index (χ2v) is 5.72. The van der Waals surface area contributed by atoms with Crippen LogP contribution in [0.4, 0.5) is 11.6 Å². The van der Waals surface area contributed by atoms with Gasteiger partial charge in [0.1, 0.15) is 17.5 Å². The van der Waals surface area contributed by atoms with Crippen LogP contribution in [0.5, 0.6) is 0 Å². The maximum atomic E-state index is 4.66. The van der Waals surface area contributed by atoms with E-state index in [0.29, 0.717) is 12.0 Å². The van der Waals surface area contributed by atoms with E-state index in [2.05, 4.69) is 34.4 Å². The molecule has 1 aromatic heterocycles. The van der Waals surface area contributed by atoms with Gasteiger partial charge in [0.25, 0.3) is 0 Å². The maximum Gasteiger partial charge on any atom is 0.136 e. The highest BCUT2D eigenvalue weighted by atomic mass is 15.1. The highest BCUT2D eigenvalue weighted by molar-refractivity contribution is 5.49. The SMILES string of the molecule is CCNc1cc(NC2CC(C)C2)nc(C2CC2)n1. The summed E-state index contributed by atoms with van der Waals surface area (Å²) in [4.78, 5) is 9.25. The minimum absolute atomic E-state index is 0.601. The molecule has 0 atom stereocenters. The molecule has 18 heavy (non-hydrogen) atoms. The molecule has 0 aromatic carbocycles. The van der Waals surface area contributed by atoms with E-state index in [1.165, 1.54) is 25.7 Å². The molecule has 0 radical (unpaired) electrons. The Morgan fingerprint density at radius 1 is 1.22 bits per heavy atom. The van der Waals surface area contributed by atoms with E-state index in [1.807, 2.05) is 6.07 Å². The summed E-state index contributed by atoms with van der Waals surface area (Å²) in [6, 6.07) is 2.65. The Hall–Kier alpha value is -1.32. The van der Waals surface area contributed by atoms with Gasteiger partial charge in [-0.1, -0.05) is 6.92 Å². The second-order valence-electron chi connectivity index (χ2n) is 5.72. The summed E-state index contributed by atoms with van der Waals surface area (Å²) >= 11 is 0. The molecule has 0 unspecified atom stereocenters. The summed E-state index contributed by atoms with van der Waals surface area (Å²) in [5, 5.41) is 6.84. The van der Waals surface area contributed by atoms with Gasteiger partial charge < -0.3 is 10.6 Å². The minimum atomic E-state index is 0.601. The van der Waals surface area contributed by atoms with Crippen LogP contribution in [0.1, 0.15) is 51.3 Å². The number of anilines is 2. The highest BCUT2D eigenvalue weighted by Gasteiger charge is 2.29. The summed E-state index contributed by atoms with van der Waals surface area (Å²) in [5.74, 6) is 4.44. The molecule has 2 fully saturated rings. The fraction of sp³-hybridized carbons (Fsp3) is 0.714. The van der Waals surface area contributed by atoms with Crippen molar-refractivity contribution >= 4 is 11.6 Å². The lowest BCUT2D eigenvalue weighted by Gasteiger charge is -2.33. The number of nitrogens with one attached hydrogen (secondary N) is 2. The lowest BCUT2D eigenvalue weighted by atomic mass is 9.82. The molecule has 2 aliphatic carbocycles. The van der Waals surface area contributed by atoms with Crippen LogP contribution in [0.2, 0.25) is 0 Å². The predicted molar refractivity (Wildman–Crippen MR) is 74.0 cm³/mol. The van der Waals surface area contributed by atoms with Crippen molar-refractivity contribution in [3.8, 4) is 0 Å². The Morgan fingerprint density at radius 2 is 1.94 bits per heavy atom. The van der Waals surface area contributed by atoms with E-state index >= 15 is 0 Å². The minimum Gasteiger partial charge on any atom is -0.370 e. The zero-order valence-corrected chi connectivity index (χ0v) is 11.2. The van der Waals surface area contributed by atoms with Crippen molar-refractivity contribution in [1.82, 2.24) is 9.97 Å². The fourth-order valence-corrected chi connectivity index (χ4v) is 2.56. The maximum absolute atomic E-state index is 4.66. The summed E-state index contributed by atoms with van der Waals surface area (Å²) in [5.41, 5.74) is 0. The average Bonchev–Trinajstić information content (AvgIpc) is 3.11. The molecule has 98 valence electrons. The van der Waals surface area contributed by atoms with Gasteiger partial charge >= 0.3 is 0 Å². The lowest BCUT2D eigenvalue weighted by Crippen LogP contribution is -2.34. The molecule has 2 saturated carbocycles. The first-order valence-electron chi connectivity index (χ1n) is 7.14. The quantitative estimate of drug-likeness (QED) is 0.838.